The molecule has 0 aromatic heterocycles. The normalized spacial score (nSPS) is 14.0. The minimum absolute atomic E-state index is 0.180. The molecule has 1 unspecified atom stereocenters. The van der Waals surface area contributed by atoms with Crippen LogP contribution in [0, 0.1) is 0 Å². The Labute approximate surface area is 163 Å². The van der Waals surface area contributed by atoms with E-state index < -0.39 is 0 Å². The van der Waals surface area contributed by atoms with Gasteiger partial charge in [0.1, 0.15) is 0 Å². The maximum Gasteiger partial charge on any atom is 0.0912 e. The van der Waals surface area contributed by atoms with Crippen LogP contribution in [0.25, 0.3) is 0 Å². The minimum Gasteiger partial charge on any atom is -0.392 e. The van der Waals surface area contributed by atoms with Gasteiger partial charge in [-0.25, -0.2) is 0 Å². The maximum atomic E-state index is 10.0. The summed E-state index contributed by atoms with van der Waals surface area (Å²) in [5.74, 6) is 0. The van der Waals surface area contributed by atoms with Crippen molar-refractivity contribution >= 4 is 0 Å². The van der Waals surface area contributed by atoms with E-state index in [2.05, 4.69) is 62.2 Å². The van der Waals surface area contributed by atoms with Crippen molar-refractivity contribution in [3.63, 3.8) is 0 Å². The number of aliphatic hydroxyl groups is 1. The Morgan fingerprint density at radius 2 is 1.42 bits per heavy atom. The summed E-state index contributed by atoms with van der Waals surface area (Å²) in [5.41, 5.74) is 0. The third-order valence-corrected chi connectivity index (χ3v) is 5.19. The average Bonchev–Trinajstić information content (AvgIpc) is 2.59. The second-order valence-corrected chi connectivity index (χ2v) is 8.65. The van der Waals surface area contributed by atoms with Gasteiger partial charge in [-0.1, -0.05) is 19.8 Å². The van der Waals surface area contributed by atoms with Gasteiger partial charge in [0.05, 0.1) is 33.3 Å². The maximum absolute atomic E-state index is 10.0. The van der Waals surface area contributed by atoms with E-state index in [1.165, 1.54) is 13.1 Å². The molecule has 6 heteroatoms. The molecule has 6 nitrogen and oxygen atoms in total. The molecule has 2 N–H and O–H groups in total. The number of unbranched alkanes of at least 4 members (excludes halogenated alkanes) is 1. The standard InChI is InChI=1S/C20H48N5O/c1-8-9-10-20(26)19-24(5)15-14-22(3)12-13-23(4)16-18-25(6,7)17-11-21-2/h20-21,26H,8-19H2,1-7H3/q+1. The van der Waals surface area contributed by atoms with Gasteiger partial charge >= 0.3 is 0 Å². The van der Waals surface area contributed by atoms with Crippen LogP contribution in [-0.2, 0) is 0 Å². The molecule has 0 aliphatic heterocycles. The van der Waals surface area contributed by atoms with E-state index in [1.807, 2.05) is 7.05 Å². The highest BCUT2D eigenvalue weighted by Gasteiger charge is 2.15. The van der Waals surface area contributed by atoms with Crippen molar-refractivity contribution in [1.82, 2.24) is 20.0 Å². The average molecular weight is 375 g/mol. The largest absolute Gasteiger partial charge is 0.392 e. The second kappa shape index (κ2) is 14.8. The number of nitrogens with zero attached hydrogens (tertiary/aromatic N) is 4. The highest BCUT2D eigenvalue weighted by atomic mass is 16.3. The Balaban J connectivity index is 3.84. The SMILES string of the molecule is CCCCC(O)CN(C)CCN(C)CCN(C)CC[N+](C)(C)CCNC. The summed E-state index contributed by atoms with van der Waals surface area (Å²) in [4.78, 5) is 7.09. The van der Waals surface area contributed by atoms with Crippen molar-refractivity contribution in [2.75, 3.05) is 101 Å². The Kier molecular flexibility index (Phi) is 14.6. The molecule has 158 valence electrons. The van der Waals surface area contributed by atoms with Crippen molar-refractivity contribution in [3.05, 3.63) is 0 Å². The summed E-state index contributed by atoms with van der Waals surface area (Å²) in [5, 5.41) is 13.2. The van der Waals surface area contributed by atoms with E-state index in [9.17, 15) is 5.11 Å². The van der Waals surface area contributed by atoms with E-state index in [4.69, 9.17) is 0 Å². The van der Waals surface area contributed by atoms with Gasteiger partial charge in [-0.2, -0.15) is 0 Å². The molecule has 0 saturated carbocycles. The lowest BCUT2D eigenvalue weighted by Gasteiger charge is -2.32. The molecule has 0 aliphatic rings. The van der Waals surface area contributed by atoms with Crippen molar-refractivity contribution in [2.24, 2.45) is 0 Å². The van der Waals surface area contributed by atoms with Gasteiger partial charge in [0.15, 0.2) is 0 Å². The Morgan fingerprint density at radius 1 is 0.885 bits per heavy atom. The first kappa shape index (κ1) is 25.8. The molecule has 0 aromatic carbocycles. The van der Waals surface area contributed by atoms with E-state index >= 15 is 0 Å². The first-order valence-electron chi connectivity index (χ1n) is 10.4. The van der Waals surface area contributed by atoms with Crippen molar-refractivity contribution < 1.29 is 9.59 Å². The van der Waals surface area contributed by atoms with Gasteiger partial charge in [0, 0.05) is 45.8 Å². The number of quaternary nitrogens is 1. The highest BCUT2D eigenvalue weighted by molar-refractivity contribution is 4.64. The predicted molar refractivity (Wildman–Crippen MR) is 114 cm³/mol. The molecule has 0 saturated heterocycles. The van der Waals surface area contributed by atoms with Gasteiger partial charge < -0.3 is 24.7 Å². The molecule has 0 rings (SSSR count). The lowest BCUT2D eigenvalue weighted by molar-refractivity contribution is -0.888. The Hall–Kier alpha value is -0.240. The van der Waals surface area contributed by atoms with Crippen LogP contribution in [0.5, 0.6) is 0 Å². The minimum atomic E-state index is -0.180. The zero-order valence-electron chi connectivity index (χ0n) is 18.8. The summed E-state index contributed by atoms with van der Waals surface area (Å²) in [6.07, 6.45) is 3.01. The van der Waals surface area contributed by atoms with Crippen LogP contribution in [0.3, 0.4) is 0 Å². The summed E-state index contributed by atoms with van der Waals surface area (Å²) in [6.45, 7) is 11.8. The lowest BCUT2D eigenvalue weighted by atomic mass is 10.1. The molecule has 0 bridgehead atoms. The summed E-state index contributed by atoms with van der Waals surface area (Å²) >= 11 is 0. The summed E-state index contributed by atoms with van der Waals surface area (Å²) < 4.78 is 1.06. The fourth-order valence-corrected chi connectivity index (χ4v) is 2.86. The molecular weight excluding hydrogens is 326 g/mol. The molecule has 0 fully saturated rings. The molecule has 0 radical (unpaired) electrons. The number of nitrogens with one attached hydrogen (secondary N) is 1. The van der Waals surface area contributed by atoms with Gasteiger partial charge in [-0.05, 0) is 34.6 Å². The molecule has 26 heavy (non-hydrogen) atoms. The predicted octanol–water partition coefficient (Wildman–Crippen LogP) is 0.629. The first-order chi connectivity index (χ1) is 12.2. The first-order valence-corrected chi connectivity index (χ1v) is 10.4. The number of likely N-dealkylation sites (N-methyl/N-ethyl adjacent to an activating group) is 5. The zero-order chi connectivity index (χ0) is 20.0. The molecule has 0 aliphatic carbocycles. The number of hydrogen-bond acceptors (Lipinski definition) is 5. The monoisotopic (exact) mass is 374 g/mol. The molecule has 0 spiro atoms. The van der Waals surface area contributed by atoms with Crippen LogP contribution in [-0.4, -0.2) is 132 Å². The van der Waals surface area contributed by atoms with E-state index in [0.717, 1.165) is 69.6 Å². The zero-order valence-corrected chi connectivity index (χ0v) is 18.8. The molecule has 1 atom stereocenters. The summed E-state index contributed by atoms with van der Waals surface area (Å²) in [6, 6.07) is 0. The van der Waals surface area contributed by atoms with Gasteiger partial charge in [0.25, 0.3) is 0 Å². The van der Waals surface area contributed by atoms with Crippen LogP contribution < -0.4 is 5.32 Å². The quantitative estimate of drug-likeness (QED) is 0.366. The number of aliphatic hydroxyl groups excluding tert-OH is 1. The molecule has 0 aromatic rings. The third-order valence-electron chi connectivity index (χ3n) is 5.19. The summed E-state index contributed by atoms with van der Waals surface area (Å²) in [7, 11) is 13.2. The molecular formula is C20H48N5O+. The lowest BCUT2D eigenvalue weighted by Crippen LogP contribution is -2.48. The molecule has 0 heterocycles. The fraction of sp³-hybridized carbons (Fsp3) is 1.00. The van der Waals surface area contributed by atoms with Crippen molar-refractivity contribution in [3.8, 4) is 0 Å². The van der Waals surface area contributed by atoms with Gasteiger partial charge in [-0.3, -0.25) is 4.90 Å². The number of rotatable bonds is 17. The smallest absolute Gasteiger partial charge is 0.0912 e. The van der Waals surface area contributed by atoms with E-state index in [1.54, 1.807) is 0 Å². The van der Waals surface area contributed by atoms with Crippen LogP contribution in [0.4, 0.5) is 0 Å². The number of hydrogen-bond donors (Lipinski definition) is 2. The highest BCUT2D eigenvalue weighted by Crippen LogP contribution is 2.02. The van der Waals surface area contributed by atoms with Crippen molar-refractivity contribution in [1.29, 1.82) is 0 Å². The Morgan fingerprint density at radius 3 is 1.96 bits per heavy atom. The van der Waals surface area contributed by atoms with Crippen LogP contribution in [0.15, 0.2) is 0 Å². The van der Waals surface area contributed by atoms with Gasteiger partial charge in [0.2, 0.25) is 0 Å². The van der Waals surface area contributed by atoms with E-state index in [0.29, 0.717) is 0 Å². The van der Waals surface area contributed by atoms with Crippen LogP contribution >= 0.6 is 0 Å². The van der Waals surface area contributed by atoms with Crippen LogP contribution in [0.2, 0.25) is 0 Å². The van der Waals surface area contributed by atoms with Gasteiger partial charge in [-0.15, -0.1) is 0 Å². The fourth-order valence-electron chi connectivity index (χ4n) is 2.86. The molecule has 0 amide bonds. The van der Waals surface area contributed by atoms with Crippen molar-refractivity contribution in [2.45, 2.75) is 32.3 Å². The second-order valence-electron chi connectivity index (χ2n) is 8.65. The Bertz CT molecular complexity index is 327. The van der Waals surface area contributed by atoms with E-state index in [-0.39, 0.29) is 6.10 Å². The topological polar surface area (TPSA) is 42.0 Å². The van der Waals surface area contributed by atoms with Crippen LogP contribution in [0.1, 0.15) is 26.2 Å². The third kappa shape index (κ3) is 14.9.